The zero-order valence-electron chi connectivity index (χ0n) is 3.15. The maximum Gasteiger partial charge on any atom is 0 e. The summed E-state index contributed by atoms with van der Waals surface area (Å²) in [7, 11) is 0. The van der Waals surface area contributed by atoms with E-state index < -0.39 is 0 Å². The summed E-state index contributed by atoms with van der Waals surface area (Å²) >= 11 is 0. The van der Waals surface area contributed by atoms with Crippen LogP contribution in [0.15, 0.2) is 0 Å². The van der Waals surface area contributed by atoms with Crippen LogP contribution in [0.2, 0.25) is 0 Å². The fourth-order valence-corrected chi connectivity index (χ4v) is 0. The molecule has 0 amide bonds. The average Bonchev–Trinajstić information content (AvgIpc) is 1.37. The van der Waals surface area contributed by atoms with Gasteiger partial charge in [-0.2, -0.15) is 6.92 Å². The molecule has 0 N–H and O–H groups in total. The van der Waals surface area contributed by atoms with E-state index >= 15 is 0 Å². The molecule has 0 saturated carbocycles. The standard InChI is InChI=1S/C4H5.V/c1-3-4-2;/h1H2,2H3;/q-1;. The molecule has 0 spiro atoms. The summed E-state index contributed by atoms with van der Waals surface area (Å²) in [5, 5.41) is 0. The molecule has 0 aliphatic carbocycles. The van der Waals surface area contributed by atoms with Gasteiger partial charge in [-0.3, -0.25) is 5.92 Å². The van der Waals surface area contributed by atoms with Gasteiger partial charge in [-0.05, 0) is 0 Å². The molecule has 0 nitrogen and oxygen atoms in total. The van der Waals surface area contributed by atoms with Crippen molar-refractivity contribution in [1.29, 1.82) is 0 Å². The van der Waals surface area contributed by atoms with E-state index in [0.717, 1.165) is 0 Å². The predicted octanol–water partition coefficient (Wildman–Crippen LogP) is 0.841. The van der Waals surface area contributed by atoms with E-state index in [1.54, 1.807) is 6.92 Å². The van der Waals surface area contributed by atoms with E-state index in [1.807, 2.05) is 0 Å². The molecule has 0 rings (SSSR count). The first-order chi connectivity index (χ1) is 1.91. The van der Waals surface area contributed by atoms with Crippen LogP contribution < -0.4 is 0 Å². The summed E-state index contributed by atoms with van der Waals surface area (Å²) in [6.07, 6.45) is 0. The normalized spacial score (nSPS) is 2.60. The SMILES string of the molecule is [CH2-]C#CC.[V]. The Bertz CT molecular complexity index is 40.4. The zero-order chi connectivity index (χ0) is 3.41. The van der Waals surface area contributed by atoms with Crippen LogP contribution in [0.3, 0.4) is 0 Å². The van der Waals surface area contributed by atoms with Gasteiger partial charge in [0, 0.05) is 18.6 Å². The summed E-state index contributed by atoms with van der Waals surface area (Å²) in [5.74, 6) is 5.00. The monoisotopic (exact) mass is 104 g/mol. The van der Waals surface area contributed by atoms with Crippen LogP contribution in [-0.4, -0.2) is 0 Å². The summed E-state index contributed by atoms with van der Waals surface area (Å²) < 4.78 is 0. The molecule has 1 heteroatoms. The Morgan fingerprint density at radius 2 is 1.80 bits per heavy atom. The molecule has 0 unspecified atom stereocenters. The second kappa shape index (κ2) is 8.99. The first kappa shape index (κ1) is 8.89. The predicted molar refractivity (Wildman–Crippen MR) is 18.8 cm³/mol. The van der Waals surface area contributed by atoms with E-state index in [2.05, 4.69) is 18.8 Å². The summed E-state index contributed by atoms with van der Waals surface area (Å²) in [5.41, 5.74) is 0. The maximum atomic E-state index is 3.24. The van der Waals surface area contributed by atoms with Crippen molar-refractivity contribution in [2.45, 2.75) is 6.92 Å². The van der Waals surface area contributed by atoms with Crippen LogP contribution in [0.1, 0.15) is 6.92 Å². The van der Waals surface area contributed by atoms with Crippen molar-refractivity contribution in [3.63, 3.8) is 0 Å². The molecular formula is C4H5V-. The van der Waals surface area contributed by atoms with Crippen LogP contribution in [0.5, 0.6) is 0 Å². The number of hydrogen-bond donors (Lipinski definition) is 0. The summed E-state index contributed by atoms with van der Waals surface area (Å²) in [4.78, 5) is 0. The Balaban J connectivity index is 0. The maximum absolute atomic E-state index is 3.24. The minimum atomic E-state index is 0. The fraction of sp³-hybridized carbons (Fsp3) is 0.250. The van der Waals surface area contributed by atoms with Gasteiger partial charge in [0.25, 0.3) is 0 Å². The minimum Gasteiger partial charge on any atom is -0.331 e. The molecule has 0 heterocycles. The van der Waals surface area contributed by atoms with Gasteiger partial charge in [-0.25, -0.2) is 0 Å². The molecule has 0 saturated heterocycles. The van der Waals surface area contributed by atoms with Crippen LogP contribution in [-0.2, 0) is 18.6 Å². The first-order valence-electron chi connectivity index (χ1n) is 1.10. The van der Waals surface area contributed by atoms with Gasteiger partial charge < -0.3 is 5.92 Å². The van der Waals surface area contributed by atoms with Crippen LogP contribution in [0, 0.1) is 18.8 Å². The number of hydrogen-bond acceptors (Lipinski definition) is 0. The quantitative estimate of drug-likeness (QED) is 0.315. The molecule has 27 valence electrons. The summed E-state index contributed by atoms with van der Waals surface area (Å²) in [6, 6.07) is 0. The Hall–Kier alpha value is 0.0144. The molecular weight excluding hydrogens is 99.0 g/mol. The Kier molecular flexibility index (Phi) is 16.0. The van der Waals surface area contributed by atoms with Gasteiger partial charge in [0.05, 0.1) is 0 Å². The summed E-state index contributed by atoms with van der Waals surface area (Å²) in [6.45, 7) is 5.00. The molecule has 0 aliphatic rings. The molecule has 0 aromatic carbocycles. The van der Waals surface area contributed by atoms with Crippen molar-refractivity contribution in [2.24, 2.45) is 0 Å². The molecule has 0 bridgehead atoms. The third-order valence-electron chi connectivity index (χ3n) is 0.177. The minimum absolute atomic E-state index is 0. The van der Waals surface area contributed by atoms with Crippen molar-refractivity contribution < 1.29 is 18.6 Å². The second-order valence-electron chi connectivity index (χ2n) is 0.427. The first-order valence-corrected chi connectivity index (χ1v) is 1.10. The molecule has 0 aliphatic heterocycles. The van der Waals surface area contributed by atoms with E-state index in [1.165, 1.54) is 0 Å². The Labute approximate surface area is 44.8 Å². The van der Waals surface area contributed by atoms with Gasteiger partial charge in [0.1, 0.15) is 0 Å². The van der Waals surface area contributed by atoms with Gasteiger partial charge >= 0.3 is 0 Å². The Morgan fingerprint density at radius 1 is 1.60 bits per heavy atom. The topological polar surface area (TPSA) is 0 Å². The van der Waals surface area contributed by atoms with Crippen LogP contribution in [0.25, 0.3) is 0 Å². The molecule has 0 aromatic rings. The van der Waals surface area contributed by atoms with E-state index in [9.17, 15) is 0 Å². The largest absolute Gasteiger partial charge is 0.331 e. The molecule has 1 radical (unpaired) electrons. The van der Waals surface area contributed by atoms with E-state index in [-0.39, 0.29) is 18.6 Å². The van der Waals surface area contributed by atoms with Crippen molar-refractivity contribution in [1.82, 2.24) is 0 Å². The van der Waals surface area contributed by atoms with E-state index in [4.69, 9.17) is 0 Å². The smallest absolute Gasteiger partial charge is 0 e. The van der Waals surface area contributed by atoms with Crippen LogP contribution >= 0.6 is 0 Å². The van der Waals surface area contributed by atoms with E-state index in [0.29, 0.717) is 0 Å². The number of rotatable bonds is 0. The van der Waals surface area contributed by atoms with Crippen molar-refractivity contribution >= 4 is 0 Å². The average molecular weight is 104 g/mol. The fourth-order valence-electron chi connectivity index (χ4n) is 0. The van der Waals surface area contributed by atoms with Gasteiger partial charge in [0.15, 0.2) is 0 Å². The molecule has 0 fully saturated rings. The van der Waals surface area contributed by atoms with Gasteiger partial charge in [-0.15, -0.1) is 0 Å². The van der Waals surface area contributed by atoms with Crippen LogP contribution in [0.4, 0.5) is 0 Å². The third-order valence-corrected chi connectivity index (χ3v) is 0.177. The second-order valence-corrected chi connectivity index (χ2v) is 0.427. The third kappa shape index (κ3) is 15.8. The Morgan fingerprint density at radius 3 is 1.80 bits per heavy atom. The molecule has 0 aromatic heterocycles. The molecule has 0 atom stereocenters. The zero-order valence-corrected chi connectivity index (χ0v) is 4.55. The van der Waals surface area contributed by atoms with Crippen molar-refractivity contribution in [3.05, 3.63) is 6.92 Å². The molecule has 5 heavy (non-hydrogen) atoms. The van der Waals surface area contributed by atoms with Crippen molar-refractivity contribution in [2.75, 3.05) is 0 Å². The van der Waals surface area contributed by atoms with Crippen molar-refractivity contribution in [3.8, 4) is 11.8 Å². The van der Waals surface area contributed by atoms with Gasteiger partial charge in [-0.1, -0.05) is 6.92 Å². The van der Waals surface area contributed by atoms with Gasteiger partial charge in [0.2, 0.25) is 0 Å².